The van der Waals surface area contributed by atoms with Crippen LogP contribution in [0.1, 0.15) is 12.0 Å². The Morgan fingerprint density at radius 2 is 2.30 bits per heavy atom. The number of hydrogen-bond donors (Lipinski definition) is 1. The van der Waals surface area contributed by atoms with Gasteiger partial charge >= 0.3 is 0 Å². The molecule has 1 unspecified atom stereocenters. The number of rotatable bonds is 3. The predicted molar refractivity (Wildman–Crippen MR) is 75.1 cm³/mol. The SMILES string of the molecule is N#Cc1cnc(N2CC(CS(N)(=O)=O)CC2=O)c(Br)c1. The summed E-state index contributed by atoms with van der Waals surface area (Å²) in [5, 5.41) is 13.8. The van der Waals surface area contributed by atoms with E-state index < -0.39 is 10.0 Å². The first kappa shape index (κ1) is 14.9. The lowest BCUT2D eigenvalue weighted by atomic mass is 10.1. The van der Waals surface area contributed by atoms with Crippen molar-refractivity contribution >= 4 is 37.7 Å². The predicted octanol–water partition coefficient (Wildman–Crippen LogP) is 0.357. The van der Waals surface area contributed by atoms with Crippen LogP contribution >= 0.6 is 15.9 Å². The highest BCUT2D eigenvalue weighted by Crippen LogP contribution is 2.30. The van der Waals surface area contributed by atoms with Gasteiger partial charge in [-0.3, -0.25) is 9.69 Å². The summed E-state index contributed by atoms with van der Waals surface area (Å²) in [6.45, 7) is 0.243. The second-order valence-corrected chi connectivity index (χ2v) is 7.06. The molecule has 1 amide bonds. The van der Waals surface area contributed by atoms with Gasteiger partial charge in [0.1, 0.15) is 11.9 Å². The van der Waals surface area contributed by atoms with Crippen LogP contribution in [-0.4, -0.2) is 31.6 Å². The third-order valence-corrected chi connectivity index (χ3v) is 4.40. The van der Waals surface area contributed by atoms with Gasteiger partial charge in [-0.05, 0) is 22.0 Å². The summed E-state index contributed by atoms with van der Waals surface area (Å²) >= 11 is 3.26. The van der Waals surface area contributed by atoms with Crippen molar-refractivity contribution in [1.29, 1.82) is 5.26 Å². The van der Waals surface area contributed by atoms with E-state index in [0.29, 0.717) is 15.9 Å². The number of anilines is 1. The number of pyridine rings is 1. The summed E-state index contributed by atoms with van der Waals surface area (Å²) in [4.78, 5) is 17.4. The summed E-state index contributed by atoms with van der Waals surface area (Å²) < 4.78 is 22.7. The van der Waals surface area contributed by atoms with Crippen molar-refractivity contribution in [2.24, 2.45) is 11.1 Å². The molecule has 2 heterocycles. The number of nitriles is 1. The van der Waals surface area contributed by atoms with Crippen molar-refractivity contribution in [2.75, 3.05) is 17.2 Å². The van der Waals surface area contributed by atoms with Crippen LogP contribution in [0.15, 0.2) is 16.7 Å². The molecule has 106 valence electrons. The minimum absolute atomic E-state index is 0.116. The van der Waals surface area contributed by atoms with Crippen molar-refractivity contribution in [3.8, 4) is 6.07 Å². The molecule has 1 aromatic heterocycles. The Balaban J connectivity index is 2.22. The van der Waals surface area contributed by atoms with Crippen molar-refractivity contribution in [3.63, 3.8) is 0 Å². The number of sulfonamides is 1. The Kier molecular flexibility index (Phi) is 4.08. The van der Waals surface area contributed by atoms with Crippen LogP contribution in [0.3, 0.4) is 0 Å². The summed E-state index contributed by atoms with van der Waals surface area (Å²) in [6, 6.07) is 3.50. The first-order valence-electron chi connectivity index (χ1n) is 5.66. The third-order valence-electron chi connectivity index (χ3n) is 2.88. The van der Waals surface area contributed by atoms with Crippen LogP contribution in [-0.2, 0) is 14.8 Å². The van der Waals surface area contributed by atoms with Crippen LogP contribution in [0.4, 0.5) is 5.82 Å². The van der Waals surface area contributed by atoms with Gasteiger partial charge in [0.2, 0.25) is 15.9 Å². The van der Waals surface area contributed by atoms with E-state index in [1.54, 1.807) is 6.07 Å². The molecule has 0 aliphatic carbocycles. The molecule has 1 atom stereocenters. The Bertz CT molecular complexity index is 698. The van der Waals surface area contributed by atoms with Crippen LogP contribution < -0.4 is 10.0 Å². The molecule has 0 bridgehead atoms. The Morgan fingerprint density at radius 1 is 1.60 bits per heavy atom. The van der Waals surface area contributed by atoms with Crippen molar-refractivity contribution in [2.45, 2.75) is 6.42 Å². The Labute approximate surface area is 124 Å². The number of aromatic nitrogens is 1. The van der Waals surface area contributed by atoms with E-state index in [2.05, 4.69) is 20.9 Å². The zero-order chi connectivity index (χ0) is 14.9. The number of carbonyl (C=O) groups excluding carboxylic acids is 1. The van der Waals surface area contributed by atoms with Gasteiger partial charge in [0.25, 0.3) is 0 Å². The van der Waals surface area contributed by atoms with E-state index in [1.165, 1.54) is 11.1 Å². The highest BCUT2D eigenvalue weighted by Gasteiger charge is 2.34. The molecule has 0 aromatic carbocycles. The number of carbonyl (C=O) groups is 1. The van der Waals surface area contributed by atoms with Gasteiger partial charge in [-0.2, -0.15) is 5.26 Å². The number of nitrogens with two attached hydrogens (primary N) is 1. The highest BCUT2D eigenvalue weighted by atomic mass is 79.9. The maximum atomic E-state index is 11.9. The van der Waals surface area contributed by atoms with E-state index in [9.17, 15) is 13.2 Å². The first-order chi connectivity index (χ1) is 9.30. The van der Waals surface area contributed by atoms with Crippen molar-refractivity contribution in [3.05, 3.63) is 22.3 Å². The number of hydrogen-bond acceptors (Lipinski definition) is 5. The fourth-order valence-corrected chi connectivity index (χ4v) is 3.56. The van der Waals surface area contributed by atoms with Crippen LogP contribution in [0, 0.1) is 17.2 Å². The van der Waals surface area contributed by atoms with Gasteiger partial charge < -0.3 is 0 Å². The average molecular weight is 359 g/mol. The largest absolute Gasteiger partial charge is 0.296 e. The molecule has 1 fully saturated rings. The van der Waals surface area contributed by atoms with Crippen LogP contribution in [0.25, 0.3) is 0 Å². The van der Waals surface area contributed by atoms with Gasteiger partial charge in [-0.25, -0.2) is 18.5 Å². The zero-order valence-electron chi connectivity index (χ0n) is 10.3. The van der Waals surface area contributed by atoms with E-state index >= 15 is 0 Å². The second-order valence-electron chi connectivity index (χ2n) is 4.55. The van der Waals surface area contributed by atoms with E-state index in [1.807, 2.05) is 6.07 Å². The molecular weight excluding hydrogens is 348 g/mol. The van der Waals surface area contributed by atoms with Gasteiger partial charge in [-0.15, -0.1) is 0 Å². The number of nitrogens with zero attached hydrogens (tertiary/aromatic N) is 3. The first-order valence-corrected chi connectivity index (χ1v) is 8.17. The monoisotopic (exact) mass is 358 g/mol. The fraction of sp³-hybridized carbons (Fsp3) is 0.364. The van der Waals surface area contributed by atoms with E-state index in [0.717, 1.165) is 0 Å². The van der Waals surface area contributed by atoms with Crippen molar-refractivity contribution in [1.82, 2.24) is 4.98 Å². The molecule has 0 spiro atoms. The molecule has 20 heavy (non-hydrogen) atoms. The zero-order valence-corrected chi connectivity index (χ0v) is 12.7. The summed E-state index contributed by atoms with van der Waals surface area (Å²) in [6.07, 6.45) is 1.48. The molecule has 9 heteroatoms. The number of primary sulfonamides is 1. The number of halogens is 1. The highest BCUT2D eigenvalue weighted by molar-refractivity contribution is 9.10. The van der Waals surface area contributed by atoms with Gasteiger partial charge in [-0.1, -0.05) is 0 Å². The maximum Gasteiger partial charge on any atom is 0.228 e. The lowest BCUT2D eigenvalue weighted by Crippen LogP contribution is -2.28. The molecule has 0 saturated carbocycles. The molecule has 1 aliphatic heterocycles. The minimum Gasteiger partial charge on any atom is -0.296 e. The Hall–Kier alpha value is -1.50. The summed E-state index contributed by atoms with van der Waals surface area (Å²) in [7, 11) is -3.61. The third kappa shape index (κ3) is 3.33. The quantitative estimate of drug-likeness (QED) is 0.836. The lowest BCUT2D eigenvalue weighted by molar-refractivity contribution is -0.117. The molecular formula is C11H11BrN4O3S. The fourth-order valence-electron chi connectivity index (χ4n) is 2.12. The lowest BCUT2D eigenvalue weighted by Gasteiger charge is -2.16. The van der Waals surface area contributed by atoms with Gasteiger partial charge in [0.05, 0.1) is 15.8 Å². The molecule has 0 radical (unpaired) electrons. The smallest absolute Gasteiger partial charge is 0.228 e. The second kappa shape index (κ2) is 5.47. The maximum absolute atomic E-state index is 11.9. The van der Waals surface area contributed by atoms with Crippen molar-refractivity contribution < 1.29 is 13.2 Å². The minimum atomic E-state index is -3.61. The van der Waals surface area contributed by atoms with Crippen LogP contribution in [0.5, 0.6) is 0 Å². The normalized spacial score (nSPS) is 19.1. The molecule has 1 aliphatic rings. The molecule has 2 N–H and O–H groups in total. The molecule has 1 saturated heterocycles. The summed E-state index contributed by atoms with van der Waals surface area (Å²) in [5.41, 5.74) is 0.369. The Morgan fingerprint density at radius 3 is 2.85 bits per heavy atom. The van der Waals surface area contributed by atoms with Gasteiger partial charge in [0, 0.05) is 25.1 Å². The van der Waals surface area contributed by atoms with Gasteiger partial charge in [0.15, 0.2) is 0 Å². The standard InChI is InChI=1S/C11H11BrN4O3S/c12-9-1-7(3-13)4-15-11(9)16-5-8(2-10(16)17)6-20(14,18)19/h1,4,8H,2,5-6H2,(H2,14,18,19). The molecule has 2 rings (SSSR count). The summed E-state index contributed by atoms with van der Waals surface area (Å²) in [5.74, 6) is -0.410. The van der Waals surface area contributed by atoms with E-state index in [-0.39, 0.29) is 30.5 Å². The average Bonchev–Trinajstić information content (AvgIpc) is 2.67. The van der Waals surface area contributed by atoms with Crippen LogP contribution in [0.2, 0.25) is 0 Å². The molecule has 7 nitrogen and oxygen atoms in total. The molecule has 1 aromatic rings. The topological polar surface area (TPSA) is 117 Å². The number of amides is 1. The van der Waals surface area contributed by atoms with E-state index in [4.69, 9.17) is 10.4 Å².